The molecule has 1 aliphatic rings. The van der Waals surface area contributed by atoms with Gasteiger partial charge in [0.15, 0.2) is 16.5 Å². The van der Waals surface area contributed by atoms with Crippen LogP contribution in [0.4, 0.5) is 5.69 Å². The Morgan fingerprint density at radius 3 is 2.56 bits per heavy atom. The van der Waals surface area contributed by atoms with Crippen LogP contribution in [0, 0.1) is 0 Å². The quantitative estimate of drug-likeness (QED) is 0.445. The van der Waals surface area contributed by atoms with E-state index in [-0.39, 0.29) is 11.8 Å². The highest BCUT2D eigenvalue weighted by molar-refractivity contribution is 7.21. The molecule has 0 atom stereocenters. The molecule has 1 N–H and O–H groups in total. The summed E-state index contributed by atoms with van der Waals surface area (Å²) in [7, 11) is 0. The number of aryl methyl sites for hydroxylation is 1. The van der Waals surface area contributed by atoms with Crippen LogP contribution >= 0.6 is 11.3 Å². The molecule has 34 heavy (non-hydrogen) atoms. The van der Waals surface area contributed by atoms with Crippen molar-refractivity contribution in [3.8, 4) is 10.8 Å². The maximum absolute atomic E-state index is 13.0. The summed E-state index contributed by atoms with van der Waals surface area (Å²) in [6, 6.07) is 19.3. The van der Waals surface area contributed by atoms with Gasteiger partial charge < -0.3 is 14.6 Å². The van der Waals surface area contributed by atoms with E-state index in [1.165, 1.54) is 0 Å². The van der Waals surface area contributed by atoms with Crippen LogP contribution in [0.15, 0.2) is 65.1 Å². The Morgan fingerprint density at radius 1 is 1.00 bits per heavy atom. The van der Waals surface area contributed by atoms with Gasteiger partial charge in [-0.3, -0.25) is 14.5 Å². The summed E-state index contributed by atoms with van der Waals surface area (Å²) < 4.78 is 6.96. The van der Waals surface area contributed by atoms with Crippen molar-refractivity contribution in [2.75, 3.05) is 38.0 Å². The molecule has 7 nitrogen and oxygen atoms in total. The first kappa shape index (κ1) is 22.3. The largest absolute Gasteiger partial charge is 0.448 e. The van der Waals surface area contributed by atoms with Crippen molar-refractivity contribution in [1.82, 2.24) is 14.8 Å². The van der Waals surface area contributed by atoms with Gasteiger partial charge in [-0.1, -0.05) is 37.3 Å². The first-order valence-electron chi connectivity index (χ1n) is 11.5. The van der Waals surface area contributed by atoms with E-state index in [4.69, 9.17) is 4.42 Å². The Bertz CT molecular complexity index is 1290. The number of carbonyl (C=O) groups is 2. The van der Waals surface area contributed by atoms with Crippen molar-refractivity contribution < 1.29 is 14.0 Å². The molecule has 1 fully saturated rings. The fraction of sp³-hybridized carbons (Fsp3) is 0.269. The Kier molecular flexibility index (Phi) is 6.42. The average molecular weight is 475 g/mol. The number of anilines is 1. The van der Waals surface area contributed by atoms with Gasteiger partial charge in [0.2, 0.25) is 5.91 Å². The normalized spacial score (nSPS) is 14.4. The lowest BCUT2D eigenvalue weighted by molar-refractivity contribution is -0.117. The molecule has 8 heteroatoms. The molecule has 4 aromatic rings. The van der Waals surface area contributed by atoms with E-state index in [1.807, 2.05) is 48.5 Å². The zero-order valence-corrected chi connectivity index (χ0v) is 19.8. The highest BCUT2D eigenvalue weighted by Gasteiger charge is 2.26. The lowest BCUT2D eigenvalue weighted by Crippen LogP contribution is -2.50. The van der Waals surface area contributed by atoms with Crippen LogP contribution in [0.5, 0.6) is 0 Å². The number of hydrogen-bond donors (Lipinski definition) is 1. The molecular weight excluding hydrogens is 448 g/mol. The molecule has 3 heterocycles. The molecule has 0 aliphatic carbocycles. The topological polar surface area (TPSA) is 78.7 Å². The monoisotopic (exact) mass is 474 g/mol. The van der Waals surface area contributed by atoms with Crippen molar-refractivity contribution >= 4 is 39.1 Å². The number of thiazole rings is 1. The van der Waals surface area contributed by atoms with Crippen LogP contribution in [0.25, 0.3) is 21.0 Å². The van der Waals surface area contributed by atoms with E-state index in [0.717, 1.165) is 32.9 Å². The Hall–Kier alpha value is -3.49. The number of rotatable bonds is 6. The minimum Gasteiger partial charge on any atom is -0.448 e. The van der Waals surface area contributed by atoms with Crippen molar-refractivity contribution in [3.63, 3.8) is 0 Å². The van der Waals surface area contributed by atoms with Crippen LogP contribution in [-0.2, 0) is 11.2 Å². The number of fused-ring (bicyclic) bond motifs is 1. The van der Waals surface area contributed by atoms with Crippen LogP contribution in [-0.4, -0.2) is 59.3 Å². The lowest BCUT2D eigenvalue weighted by atomic mass is 10.1. The highest BCUT2D eigenvalue weighted by atomic mass is 32.1. The third-order valence-electron chi connectivity index (χ3n) is 6.02. The maximum atomic E-state index is 13.0. The minimum absolute atomic E-state index is 0.0350. The first-order chi connectivity index (χ1) is 16.6. The summed E-state index contributed by atoms with van der Waals surface area (Å²) in [5.74, 6) is 0.754. The van der Waals surface area contributed by atoms with E-state index >= 15 is 0 Å². The second-order valence-electron chi connectivity index (χ2n) is 8.28. The van der Waals surface area contributed by atoms with Gasteiger partial charge >= 0.3 is 0 Å². The van der Waals surface area contributed by atoms with E-state index in [1.54, 1.807) is 28.4 Å². The molecule has 2 amide bonds. The smallest absolute Gasteiger partial charge is 0.289 e. The van der Waals surface area contributed by atoms with Gasteiger partial charge in [-0.05, 0) is 42.3 Å². The highest BCUT2D eigenvalue weighted by Crippen LogP contribution is 2.31. The number of furan rings is 1. The molecule has 0 unspecified atom stereocenters. The average Bonchev–Trinajstić information content (AvgIpc) is 3.52. The Morgan fingerprint density at radius 2 is 1.76 bits per heavy atom. The van der Waals surface area contributed by atoms with E-state index < -0.39 is 0 Å². The molecule has 2 aromatic carbocycles. The SMILES string of the molecule is CCc1ccccc1NC(=O)CN1CCN(C(=O)c2ccc(-c3nc4ccccc4s3)o2)CC1. The molecular formula is C26H26N4O3S. The summed E-state index contributed by atoms with van der Waals surface area (Å²) in [4.78, 5) is 34.0. The van der Waals surface area contributed by atoms with Crippen LogP contribution in [0.3, 0.4) is 0 Å². The van der Waals surface area contributed by atoms with Gasteiger partial charge in [-0.25, -0.2) is 4.98 Å². The van der Waals surface area contributed by atoms with Crippen LogP contribution in [0.2, 0.25) is 0 Å². The van der Waals surface area contributed by atoms with Crippen molar-refractivity contribution in [1.29, 1.82) is 0 Å². The summed E-state index contributed by atoms with van der Waals surface area (Å²) in [5, 5.41) is 3.78. The fourth-order valence-electron chi connectivity index (χ4n) is 4.15. The molecule has 174 valence electrons. The maximum Gasteiger partial charge on any atom is 0.289 e. The standard InChI is InChI=1S/C26H26N4O3S/c1-2-18-7-3-4-8-19(18)27-24(31)17-29-13-15-30(16-14-29)26(32)22-12-11-21(33-22)25-28-20-9-5-6-10-23(20)34-25/h3-12H,2,13-17H2,1H3,(H,27,31). The number of nitrogens with zero attached hydrogens (tertiary/aromatic N) is 3. The van der Waals surface area contributed by atoms with Gasteiger partial charge in [0, 0.05) is 31.9 Å². The number of aromatic nitrogens is 1. The zero-order valence-electron chi connectivity index (χ0n) is 19.0. The lowest BCUT2D eigenvalue weighted by Gasteiger charge is -2.33. The summed E-state index contributed by atoms with van der Waals surface area (Å²) in [6.07, 6.45) is 0.866. The number of carbonyl (C=O) groups excluding carboxylic acids is 2. The summed E-state index contributed by atoms with van der Waals surface area (Å²) >= 11 is 1.55. The molecule has 1 saturated heterocycles. The summed E-state index contributed by atoms with van der Waals surface area (Å²) in [5.41, 5.74) is 2.91. The van der Waals surface area contributed by atoms with Gasteiger partial charge in [0.1, 0.15) is 0 Å². The van der Waals surface area contributed by atoms with Crippen LogP contribution in [0.1, 0.15) is 23.0 Å². The number of benzene rings is 2. The molecule has 1 aliphatic heterocycles. The predicted molar refractivity (Wildman–Crippen MR) is 134 cm³/mol. The number of piperazine rings is 1. The van der Waals surface area contributed by atoms with Gasteiger partial charge in [0.25, 0.3) is 5.91 Å². The predicted octanol–water partition coefficient (Wildman–Crippen LogP) is 4.52. The van der Waals surface area contributed by atoms with Gasteiger partial charge in [-0.2, -0.15) is 0 Å². The Balaban J connectivity index is 1.16. The number of hydrogen-bond acceptors (Lipinski definition) is 6. The first-order valence-corrected chi connectivity index (χ1v) is 12.3. The third kappa shape index (κ3) is 4.73. The van der Waals surface area contributed by atoms with Crippen molar-refractivity contribution in [2.24, 2.45) is 0 Å². The third-order valence-corrected chi connectivity index (χ3v) is 7.07. The van der Waals surface area contributed by atoms with E-state index in [0.29, 0.717) is 44.2 Å². The van der Waals surface area contributed by atoms with Gasteiger partial charge in [0.05, 0.1) is 16.8 Å². The molecule has 0 bridgehead atoms. The summed E-state index contributed by atoms with van der Waals surface area (Å²) in [6.45, 7) is 4.76. The van der Waals surface area contributed by atoms with E-state index in [9.17, 15) is 9.59 Å². The molecule has 5 rings (SSSR count). The van der Waals surface area contributed by atoms with E-state index in [2.05, 4.69) is 22.1 Å². The second kappa shape index (κ2) is 9.79. The number of nitrogens with one attached hydrogen (secondary N) is 1. The van der Waals surface area contributed by atoms with Gasteiger partial charge in [-0.15, -0.1) is 11.3 Å². The molecule has 0 radical (unpaired) electrons. The minimum atomic E-state index is -0.131. The van der Waals surface area contributed by atoms with Crippen molar-refractivity contribution in [2.45, 2.75) is 13.3 Å². The van der Waals surface area contributed by atoms with Crippen molar-refractivity contribution in [3.05, 3.63) is 72.0 Å². The fourth-order valence-corrected chi connectivity index (χ4v) is 5.08. The second-order valence-corrected chi connectivity index (χ2v) is 9.31. The zero-order chi connectivity index (χ0) is 23.5. The Labute approximate surface area is 202 Å². The van der Waals surface area contributed by atoms with Crippen LogP contribution < -0.4 is 5.32 Å². The molecule has 2 aromatic heterocycles. The number of amides is 2. The number of para-hydroxylation sites is 2. The molecule has 0 saturated carbocycles. The molecule has 0 spiro atoms.